The Balaban J connectivity index is 2.11. The lowest BCUT2D eigenvalue weighted by atomic mass is 10.1. The summed E-state index contributed by atoms with van der Waals surface area (Å²) in [4.78, 5) is 10.8. The zero-order valence-electron chi connectivity index (χ0n) is 16.8. The third-order valence-electron chi connectivity index (χ3n) is 4.58. The van der Waals surface area contributed by atoms with Gasteiger partial charge in [-0.15, -0.1) is 0 Å². The summed E-state index contributed by atoms with van der Waals surface area (Å²) < 4.78 is 26.8. The molecule has 1 aromatic heterocycles. The van der Waals surface area contributed by atoms with Crippen molar-refractivity contribution in [3.63, 3.8) is 0 Å². The van der Waals surface area contributed by atoms with Crippen LogP contribution >= 0.6 is 0 Å². The van der Waals surface area contributed by atoms with Gasteiger partial charge >= 0.3 is 6.55 Å². The van der Waals surface area contributed by atoms with Crippen LogP contribution in [-0.4, -0.2) is 46.6 Å². The van der Waals surface area contributed by atoms with Gasteiger partial charge in [-0.05, 0) is 25.6 Å². The van der Waals surface area contributed by atoms with Crippen LogP contribution in [0.5, 0.6) is 0 Å². The Hall–Kier alpha value is -2.48. The van der Waals surface area contributed by atoms with Crippen LogP contribution in [0.4, 0.5) is 8.78 Å². The molecule has 0 radical (unpaired) electrons. The summed E-state index contributed by atoms with van der Waals surface area (Å²) in [5.74, 6) is 0.815. The second kappa shape index (κ2) is 11.4. The van der Waals surface area contributed by atoms with E-state index in [4.69, 9.17) is 0 Å². The molecule has 1 heterocycles. The molecule has 28 heavy (non-hydrogen) atoms. The van der Waals surface area contributed by atoms with Gasteiger partial charge in [0.1, 0.15) is 12.4 Å². The third-order valence-corrected chi connectivity index (χ3v) is 4.58. The number of nitrogens with one attached hydrogen (secondary N) is 2. The molecule has 0 aliphatic rings. The van der Waals surface area contributed by atoms with Crippen molar-refractivity contribution >= 4 is 5.96 Å². The van der Waals surface area contributed by atoms with Gasteiger partial charge in [0.2, 0.25) is 0 Å². The average molecular weight is 392 g/mol. The SMILES string of the molecule is CCNC(=NCc1nccn1C(F)F)NCC(c1ccccc1)N(CC)CC. The standard InChI is InChI=1S/C20H30F2N6/c1-4-23-20(26-15-18-24-12-13-28(18)19(21)22)25-14-17(27(5-2)6-3)16-10-8-7-9-11-16/h7-13,17,19H,4-6,14-15H2,1-3H3,(H2,23,25,26). The van der Waals surface area contributed by atoms with Gasteiger partial charge in [0, 0.05) is 25.5 Å². The fourth-order valence-electron chi connectivity index (χ4n) is 3.13. The fourth-order valence-corrected chi connectivity index (χ4v) is 3.13. The average Bonchev–Trinajstić information content (AvgIpc) is 3.18. The van der Waals surface area contributed by atoms with Crippen LogP contribution < -0.4 is 10.6 Å². The number of imidazole rings is 1. The molecule has 0 spiro atoms. The zero-order chi connectivity index (χ0) is 20.4. The number of guanidine groups is 1. The van der Waals surface area contributed by atoms with E-state index in [-0.39, 0.29) is 18.4 Å². The van der Waals surface area contributed by atoms with Gasteiger partial charge in [0.05, 0.1) is 6.04 Å². The van der Waals surface area contributed by atoms with Crippen molar-refractivity contribution in [3.8, 4) is 0 Å². The zero-order valence-corrected chi connectivity index (χ0v) is 16.8. The van der Waals surface area contributed by atoms with Crippen LogP contribution in [0.2, 0.25) is 0 Å². The number of likely N-dealkylation sites (N-methyl/N-ethyl adjacent to an activating group) is 1. The summed E-state index contributed by atoms with van der Waals surface area (Å²) in [6.45, 7) is 6.90. The van der Waals surface area contributed by atoms with E-state index in [1.807, 2.05) is 25.1 Å². The number of hydrogen-bond donors (Lipinski definition) is 2. The Morgan fingerprint density at radius 3 is 2.46 bits per heavy atom. The number of aromatic nitrogens is 2. The Morgan fingerprint density at radius 2 is 1.86 bits per heavy atom. The molecular formula is C20H30F2N6. The van der Waals surface area contributed by atoms with Crippen LogP contribution in [0.1, 0.15) is 44.8 Å². The number of benzene rings is 1. The summed E-state index contributed by atoms with van der Waals surface area (Å²) >= 11 is 0. The summed E-state index contributed by atoms with van der Waals surface area (Å²) in [6.07, 6.45) is 2.63. The van der Waals surface area contributed by atoms with Gasteiger partial charge in [0.15, 0.2) is 5.96 Å². The highest BCUT2D eigenvalue weighted by atomic mass is 19.3. The van der Waals surface area contributed by atoms with Crippen LogP contribution in [0.3, 0.4) is 0 Å². The van der Waals surface area contributed by atoms with Gasteiger partial charge < -0.3 is 10.6 Å². The summed E-state index contributed by atoms with van der Waals surface area (Å²) in [6, 6.07) is 10.5. The highest BCUT2D eigenvalue weighted by molar-refractivity contribution is 5.79. The van der Waals surface area contributed by atoms with E-state index >= 15 is 0 Å². The maximum atomic E-state index is 13.0. The largest absolute Gasteiger partial charge is 0.357 e. The molecular weight excluding hydrogens is 362 g/mol. The van der Waals surface area contributed by atoms with E-state index < -0.39 is 6.55 Å². The number of rotatable bonds is 10. The molecule has 2 rings (SSSR count). The van der Waals surface area contributed by atoms with Gasteiger partial charge in [0.25, 0.3) is 0 Å². The Bertz CT molecular complexity index is 712. The van der Waals surface area contributed by atoms with Crippen LogP contribution in [-0.2, 0) is 6.54 Å². The van der Waals surface area contributed by atoms with Crippen molar-refractivity contribution < 1.29 is 8.78 Å². The number of hydrogen-bond acceptors (Lipinski definition) is 3. The maximum Gasteiger partial charge on any atom is 0.319 e. The minimum Gasteiger partial charge on any atom is -0.357 e. The molecule has 2 aromatic rings. The molecule has 1 unspecified atom stereocenters. The van der Waals surface area contributed by atoms with Crippen LogP contribution in [0.15, 0.2) is 47.7 Å². The number of alkyl halides is 2. The Labute approximate surface area is 165 Å². The van der Waals surface area contributed by atoms with Crippen LogP contribution in [0, 0.1) is 0 Å². The molecule has 8 heteroatoms. The first-order chi connectivity index (χ1) is 13.6. The molecule has 0 saturated carbocycles. The van der Waals surface area contributed by atoms with E-state index in [0.717, 1.165) is 17.7 Å². The maximum absolute atomic E-state index is 13.0. The second-order valence-electron chi connectivity index (χ2n) is 6.25. The van der Waals surface area contributed by atoms with Crippen molar-refractivity contribution in [2.24, 2.45) is 4.99 Å². The molecule has 1 atom stereocenters. The van der Waals surface area contributed by atoms with Crippen molar-refractivity contribution in [3.05, 3.63) is 54.1 Å². The lowest BCUT2D eigenvalue weighted by Crippen LogP contribution is -2.43. The molecule has 2 N–H and O–H groups in total. The highest BCUT2D eigenvalue weighted by Crippen LogP contribution is 2.19. The molecule has 154 valence electrons. The second-order valence-corrected chi connectivity index (χ2v) is 6.25. The van der Waals surface area contributed by atoms with E-state index in [9.17, 15) is 8.78 Å². The van der Waals surface area contributed by atoms with E-state index in [2.05, 4.69) is 51.5 Å². The molecule has 0 aliphatic heterocycles. The molecule has 1 aromatic carbocycles. The first kappa shape index (κ1) is 21.8. The smallest absolute Gasteiger partial charge is 0.319 e. The lowest BCUT2D eigenvalue weighted by molar-refractivity contribution is 0.0671. The summed E-state index contributed by atoms with van der Waals surface area (Å²) in [5, 5.41) is 6.52. The normalized spacial score (nSPS) is 13.2. The van der Waals surface area contributed by atoms with Gasteiger partial charge in [-0.2, -0.15) is 8.78 Å². The quantitative estimate of drug-likeness (QED) is 0.481. The van der Waals surface area contributed by atoms with E-state index in [0.29, 0.717) is 19.0 Å². The van der Waals surface area contributed by atoms with Crippen molar-refractivity contribution in [2.45, 2.75) is 39.9 Å². The van der Waals surface area contributed by atoms with Gasteiger partial charge in [-0.1, -0.05) is 44.2 Å². The molecule has 0 amide bonds. The van der Waals surface area contributed by atoms with Crippen LogP contribution in [0.25, 0.3) is 0 Å². The van der Waals surface area contributed by atoms with Crippen molar-refractivity contribution in [1.29, 1.82) is 0 Å². The topological polar surface area (TPSA) is 57.5 Å². The highest BCUT2D eigenvalue weighted by Gasteiger charge is 2.18. The van der Waals surface area contributed by atoms with Crippen molar-refractivity contribution in [2.75, 3.05) is 26.2 Å². The monoisotopic (exact) mass is 392 g/mol. The molecule has 0 aliphatic carbocycles. The number of halogens is 2. The number of nitrogens with zero attached hydrogens (tertiary/aromatic N) is 4. The molecule has 0 bridgehead atoms. The Kier molecular flexibility index (Phi) is 8.87. The van der Waals surface area contributed by atoms with E-state index in [1.165, 1.54) is 18.0 Å². The third kappa shape index (κ3) is 6.02. The molecule has 0 fully saturated rings. The predicted molar refractivity (Wildman–Crippen MR) is 108 cm³/mol. The first-order valence-corrected chi connectivity index (χ1v) is 9.71. The van der Waals surface area contributed by atoms with E-state index in [1.54, 1.807) is 0 Å². The van der Waals surface area contributed by atoms with Gasteiger partial charge in [-0.25, -0.2) is 9.98 Å². The lowest BCUT2D eigenvalue weighted by Gasteiger charge is -2.30. The minimum atomic E-state index is -2.62. The Morgan fingerprint density at radius 1 is 1.14 bits per heavy atom. The summed E-state index contributed by atoms with van der Waals surface area (Å²) in [7, 11) is 0. The molecule has 0 saturated heterocycles. The van der Waals surface area contributed by atoms with Gasteiger partial charge in [-0.3, -0.25) is 9.47 Å². The number of aliphatic imine (C=N–C) groups is 1. The minimum absolute atomic E-state index is 0.0773. The first-order valence-electron chi connectivity index (χ1n) is 9.71. The fraction of sp³-hybridized carbons (Fsp3) is 0.500. The molecule has 6 nitrogen and oxygen atoms in total. The predicted octanol–water partition coefficient (Wildman–Crippen LogP) is 3.42. The van der Waals surface area contributed by atoms with Crippen molar-refractivity contribution in [1.82, 2.24) is 25.1 Å². The summed E-state index contributed by atoms with van der Waals surface area (Å²) in [5.41, 5.74) is 1.22.